The second kappa shape index (κ2) is 14.6. The quantitative estimate of drug-likeness (QED) is 0.0949. The Morgan fingerprint density at radius 3 is 2.32 bits per heavy atom. The molecule has 0 aliphatic heterocycles. The monoisotopic (exact) mass is 783 g/mol. The number of ketones is 1. The molecule has 44 heavy (non-hydrogen) atoms. The van der Waals surface area contributed by atoms with Gasteiger partial charge in [0, 0.05) is 64.7 Å². The Labute approximate surface area is 277 Å². The first-order chi connectivity index (χ1) is 20.8. The van der Waals surface area contributed by atoms with Gasteiger partial charge in [-0.3, -0.25) is 4.79 Å². The van der Waals surface area contributed by atoms with Crippen molar-refractivity contribution in [3.63, 3.8) is 0 Å². The molecule has 0 bridgehead atoms. The van der Waals surface area contributed by atoms with Crippen LogP contribution in [0.25, 0.3) is 53.4 Å². The third kappa shape index (κ3) is 6.54. The summed E-state index contributed by atoms with van der Waals surface area (Å²) in [4.78, 5) is 16.5. The van der Waals surface area contributed by atoms with Crippen LogP contribution in [0.3, 0.4) is 0 Å². The van der Waals surface area contributed by atoms with E-state index in [0.29, 0.717) is 0 Å². The van der Waals surface area contributed by atoms with E-state index in [1.807, 2.05) is 40.0 Å². The number of allylic oxidation sites excluding steroid dienone is 2. The first kappa shape index (κ1) is 33.6. The van der Waals surface area contributed by atoms with Gasteiger partial charge in [0.2, 0.25) is 0 Å². The third-order valence-corrected chi connectivity index (χ3v) is 9.88. The normalized spacial score (nSPS) is 11.9. The Morgan fingerprint density at radius 2 is 1.61 bits per heavy atom. The van der Waals surface area contributed by atoms with Gasteiger partial charge in [-0.2, -0.15) is 0 Å². The fourth-order valence-electron chi connectivity index (χ4n) is 5.85. The molecular formula is C38H40IrNO3S-. The molecule has 0 fully saturated rings. The Hall–Kier alpha value is -3.31. The largest absolute Gasteiger partial charge is 0.512 e. The predicted molar refractivity (Wildman–Crippen MR) is 182 cm³/mol. The summed E-state index contributed by atoms with van der Waals surface area (Å²) in [6, 6.07) is 22.4. The number of carbonyl (C=O) groups excluding carboxylic acids is 1. The molecule has 6 rings (SSSR count). The van der Waals surface area contributed by atoms with Gasteiger partial charge in [-0.25, -0.2) is 0 Å². The maximum Gasteiger partial charge on any atom is 0.162 e. The molecule has 0 aliphatic rings. The minimum absolute atomic E-state index is 0. The van der Waals surface area contributed by atoms with Crippen LogP contribution in [0.4, 0.5) is 0 Å². The molecule has 0 atom stereocenters. The van der Waals surface area contributed by atoms with Gasteiger partial charge in [0.1, 0.15) is 5.58 Å². The minimum atomic E-state index is 0. The molecular weight excluding hydrogens is 743 g/mol. The molecule has 6 heteroatoms. The van der Waals surface area contributed by atoms with Crippen LogP contribution in [0.5, 0.6) is 0 Å². The zero-order valence-corrected chi connectivity index (χ0v) is 29.5. The van der Waals surface area contributed by atoms with Crippen LogP contribution < -0.4 is 0 Å². The second-order valence-electron chi connectivity index (χ2n) is 11.3. The number of aliphatic hydroxyl groups excluding tert-OH is 1. The van der Waals surface area contributed by atoms with E-state index in [-0.39, 0.29) is 43.5 Å². The fraction of sp³-hybridized carbons (Fsp3) is 0.316. The maximum absolute atomic E-state index is 11.7. The number of aromatic nitrogens is 1. The molecule has 4 nitrogen and oxygen atoms in total. The van der Waals surface area contributed by atoms with Crippen molar-refractivity contribution in [1.29, 1.82) is 0 Å². The van der Waals surface area contributed by atoms with Crippen LogP contribution in [0, 0.1) is 31.7 Å². The van der Waals surface area contributed by atoms with Crippen LogP contribution in [-0.4, -0.2) is 15.9 Å². The third-order valence-electron chi connectivity index (χ3n) is 8.52. The number of carbonyl (C=O) groups is 1. The summed E-state index contributed by atoms with van der Waals surface area (Å²) in [6.45, 7) is 12.3. The second-order valence-corrected chi connectivity index (χ2v) is 12.3. The van der Waals surface area contributed by atoms with Crippen molar-refractivity contribution in [3.05, 3.63) is 89.8 Å². The van der Waals surface area contributed by atoms with Crippen molar-refractivity contribution >= 4 is 59.2 Å². The van der Waals surface area contributed by atoms with E-state index in [2.05, 4.69) is 68.4 Å². The molecule has 3 aromatic carbocycles. The maximum atomic E-state index is 11.7. The topological polar surface area (TPSA) is 63.3 Å². The molecule has 0 aliphatic carbocycles. The molecule has 1 radical (unpaired) electrons. The SMILES string of the molecule is CCC(CC)C(=O)/C=C(\O)C(CC)CC.Cc1ccc2c(c1)oc1c(-c3nccc4c3sc3c(C)cccc34)[c-]ccc12.[Ir]. The number of hydrogen-bond donors (Lipinski definition) is 1. The van der Waals surface area contributed by atoms with E-state index in [1.54, 1.807) is 11.3 Å². The zero-order chi connectivity index (χ0) is 30.7. The Morgan fingerprint density at radius 1 is 0.909 bits per heavy atom. The minimum Gasteiger partial charge on any atom is -0.512 e. The number of thiophene rings is 1. The van der Waals surface area contributed by atoms with Crippen LogP contribution in [0.1, 0.15) is 64.5 Å². The average Bonchev–Trinajstić information content (AvgIpc) is 3.57. The van der Waals surface area contributed by atoms with E-state index in [0.717, 1.165) is 58.9 Å². The zero-order valence-electron chi connectivity index (χ0n) is 26.3. The Bertz CT molecular complexity index is 1940. The average molecular weight is 783 g/mol. The summed E-state index contributed by atoms with van der Waals surface area (Å²) in [5.74, 6) is 0.547. The molecule has 0 spiro atoms. The van der Waals surface area contributed by atoms with Crippen molar-refractivity contribution in [2.45, 2.75) is 67.2 Å². The summed E-state index contributed by atoms with van der Waals surface area (Å²) in [5.41, 5.74) is 6.14. The van der Waals surface area contributed by atoms with Gasteiger partial charge in [0.05, 0.1) is 11.3 Å². The molecule has 0 amide bonds. The smallest absolute Gasteiger partial charge is 0.162 e. The van der Waals surface area contributed by atoms with Crippen molar-refractivity contribution in [2.75, 3.05) is 0 Å². The van der Waals surface area contributed by atoms with Gasteiger partial charge < -0.3 is 14.5 Å². The Kier molecular flexibility index (Phi) is 11.2. The fourth-order valence-corrected chi connectivity index (χ4v) is 7.11. The number of fused-ring (bicyclic) bond motifs is 6. The number of pyridine rings is 1. The number of aryl methyl sites for hydroxylation is 2. The number of aliphatic hydroxyl groups is 1. The number of rotatable bonds is 8. The molecule has 0 unspecified atom stereocenters. The van der Waals surface area contributed by atoms with Crippen molar-refractivity contribution < 1.29 is 34.4 Å². The van der Waals surface area contributed by atoms with E-state index >= 15 is 0 Å². The van der Waals surface area contributed by atoms with Gasteiger partial charge in [0.25, 0.3) is 0 Å². The molecule has 231 valence electrons. The molecule has 1 N–H and O–H groups in total. The predicted octanol–water partition coefficient (Wildman–Crippen LogP) is 11.3. The standard InChI is InChI=1S/C25H16NOS.C13H24O2.Ir/c1-14-9-10-16-17-6-4-8-20(23(17)27-21(16)13-14)22-25-19(11-12-26-22)18-7-3-5-15(2)24(18)28-25;1-5-10(6-2)12(14)9-13(15)11(7-3)8-4;/h3-7,9-13H,1-2H3;9-11,14H,5-8H2,1-4H3;/q-1;;/b;12-9-;. The summed E-state index contributed by atoms with van der Waals surface area (Å²) in [7, 11) is 0. The van der Waals surface area contributed by atoms with Crippen LogP contribution in [0.15, 0.2) is 77.0 Å². The number of nitrogens with zero attached hydrogens (tertiary/aromatic N) is 1. The van der Waals surface area contributed by atoms with Crippen LogP contribution >= 0.6 is 11.3 Å². The summed E-state index contributed by atoms with van der Waals surface area (Å²) in [6.07, 6.45) is 6.80. The Balaban J connectivity index is 0.000000239. The summed E-state index contributed by atoms with van der Waals surface area (Å²) < 4.78 is 8.80. The first-order valence-corrected chi connectivity index (χ1v) is 16.2. The first-order valence-electron chi connectivity index (χ1n) is 15.4. The molecule has 0 saturated carbocycles. The van der Waals surface area contributed by atoms with Gasteiger partial charge in [-0.05, 0) is 73.6 Å². The van der Waals surface area contributed by atoms with Crippen molar-refractivity contribution in [2.24, 2.45) is 11.8 Å². The molecule has 0 saturated heterocycles. The summed E-state index contributed by atoms with van der Waals surface area (Å²) >= 11 is 1.80. The van der Waals surface area contributed by atoms with Gasteiger partial charge in [0.15, 0.2) is 5.78 Å². The number of hydrogen-bond acceptors (Lipinski definition) is 5. The number of furan rings is 1. The van der Waals surface area contributed by atoms with Crippen molar-refractivity contribution in [3.8, 4) is 11.3 Å². The summed E-state index contributed by atoms with van der Waals surface area (Å²) in [5, 5.41) is 14.5. The van der Waals surface area contributed by atoms with Gasteiger partial charge >= 0.3 is 0 Å². The molecule has 3 aromatic heterocycles. The van der Waals surface area contributed by atoms with Gasteiger partial charge in [-0.1, -0.05) is 69.0 Å². The van der Waals surface area contributed by atoms with Crippen LogP contribution in [0.2, 0.25) is 0 Å². The van der Waals surface area contributed by atoms with Crippen LogP contribution in [-0.2, 0) is 24.9 Å². The van der Waals surface area contributed by atoms with E-state index in [9.17, 15) is 9.90 Å². The van der Waals surface area contributed by atoms with E-state index < -0.39 is 0 Å². The molecule has 6 aromatic rings. The van der Waals surface area contributed by atoms with Gasteiger partial charge in [-0.15, -0.1) is 29.5 Å². The molecule has 3 heterocycles. The van der Waals surface area contributed by atoms with E-state index in [4.69, 9.17) is 9.40 Å². The number of benzene rings is 3. The van der Waals surface area contributed by atoms with E-state index in [1.165, 1.54) is 37.4 Å². The van der Waals surface area contributed by atoms with Crippen molar-refractivity contribution in [1.82, 2.24) is 4.98 Å².